The van der Waals surface area contributed by atoms with Crippen molar-refractivity contribution in [1.29, 1.82) is 5.26 Å². The Kier molecular flexibility index (Phi) is 4.42. The lowest BCUT2D eigenvalue weighted by molar-refractivity contribution is 0.0697. The average molecular weight is 281 g/mol. The number of hydrogen-bond donors (Lipinski definition) is 2. The van der Waals surface area contributed by atoms with Gasteiger partial charge in [-0.15, -0.1) is 0 Å². The van der Waals surface area contributed by atoms with Gasteiger partial charge in [-0.2, -0.15) is 5.26 Å². The van der Waals surface area contributed by atoms with Gasteiger partial charge < -0.3 is 15.7 Å². The van der Waals surface area contributed by atoms with E-state index in [4.69, 9.17) is 11.0 Å². The summed E-state index contributed by atoms with van der Waals surface area (Å²) in [6, 6.07) is 16.1. The summed E-state index contributed by atoms with van der Waals surface area (Å²) in [6.07, 6.45) is 0.266. The first kappa shape index (κ1) is 14.4. The maximum absolute atomic E-state index is 11.4. The molecule has 0 saturated heterocycles. The van der Waals surface area contributed by atoms with Crippen molar-refractivity contribution in [1.82, 2.24) is 0 Å². The van der Waals surface area contributed by atoms with Gasteiger partial charge in [-0.1, -0.05) is 24.3 Å². The minimum absolute atomic E-state index is 0.122. The third-order valence-electron chi connectivity index (χ3n) is 3.08. The normalized spacial score (nSPS) is 9.86. The fourth-order valence-corrected chi connectivity index (χ4v) is 2.17. The van der Waals surface area contributed by atoms with Crippen molar-refractivity contribution in [2.75, 3.05) is 17.2 Å². The number of nitriles is 1. The van der Waals surface area contributed by atoms with E-state index in [1.54, 1.807) is 17.0 Å². The highest BCUT2D eigenvalue weighted by Gasteiger charge is 2.19. The number of benzene rings is 2. The van der Waals surface area contributed by atoms with E-state index in [-0.39, 0.29) is 12.0 Å². The molecule has 2 aromatic carbocycles. The fraction of sp³-hybridized carbons (Fsp3) is 0.125. The molecule has 106 valence electrons. The fourth-order valence-electron chi connectivity index (χ4n) is 2.17. The molecule has 2 aromatic rings. The molecule has 0 unspecified atom stereocenters. The summed E-state index contributed by atoms with van der Waals surface area (Å²) in [4.78, 5) is 13.2. The van der Waals surface area contributed by atoms with Crippen molar-refractivity contribution in [2.45, 2.75) is 6.42 Å². The van der Waals surface area contributed by atoms with Gasteiger partial charge in [0, 0.05) is 12.2 Å². The number of carbonyl (C=O) groups is 1. The second-order valence-electron chi connectivity index (χ2n) is 4.44. The SMILES string of the molecule is N#CCCN(c1ccccc1)c1c(N)cccc1C(=O)O. The van der Waals surface area contributed by atoms with Crippen LogP contribution in [0.2, 0.25) is 0 Å². The van der Waals surface area contributed by atoms with Gasteiger partial charge in [-0.05, 0) is 24.3 Å². The Labute approximate surface area is 122 Å². The minimum Gasteiger partial charge on any atom is -0.478 e. The van der Waals surface area contributed by atoms with Gasteiger partial charge in [0.05, 0.1) is 29.4 Å². The molecule has 0 amide bonds. The first-order valence-corrected chi connectivity index (χ1v) is 6.46. The topological polar surface area (TPSA) is 90.4 Å². The second-order valence-corrected chi connectivity index (χ2v) is 4.44. The Morgan fingerprint density at radius 3 is 2.52 bits per heavy atom. The molecule has 0 atom stereocenters. The third-order valence-corrected chi connectivity index (χ3v) is 3.08. The van der Waals surface area contributed by atoms with E-state index in [1.165, 1.54) is 6.07 Å². The number of carboxylic acid groups (broad SMARTS) is 1. The van der Waals surface area contributed by atoms with Gasteiger partial charge in [0.2, 0.25) is 0 Å². The molecule has 0 fully saturated rings. The van der Waals surface area contributed by atoms with E-state index in [0.29, 0.717) is 17.9 Å². The standard InChI is InChI=1S/C16H15N3O2/c17-10-5-11-19(12-6-2-1-3-7-12)15-13(16(20)21)8-4-9-14(15)18/h1-4,6-9H,5,11,18H2,(H,20,21). The number of anilines is 3. The molecule has 0 heterocycles. The zero-order chi connectivity index (χ0) is 15.2. The molecule has 0 radical (unpaired) electrons. The van der Waals surface area contributed by atoms with Crippen LogP contribution < -0.4 is 10.6 Å². The molecule has 0 aliphatic rings. The van der Waals surface area contributed by atoms with Crippen LogP contribution in [-0.4, -0.2) is 17.6 Å². The molecule has 5 nitrogen and oxygen atoms in total. The number of nitrogens with two attached hydrogens (primary N) is 1. The van der Waals surface area contributed by atoms with Gasteiger partial charge in [0.15, 0.2) is 0 Å². The molecule has 2 rings (SSSR count). The Balaban J connectivity index is 2.57. The lowest BCUT2D eigenvalue weighted by Crippen LogP contribution is -2.22. The number of nitrogens with zero attached hydrogens (tertiary/aromatic N) is 2. The van der Waals surface area contributed by atoms with Gasteiger partial charge in [-0.3, -0.25) is 0 Å². The predicted octanol–water partition coefficient (Wildman–Crippen LogP) is 3.02. The molecule has 0 spiro atoms. The maximum Gasteiger partial charge on any atom is 0.337 e. The number of para-hydroxylation sites is 2. The van der Waals surface area contributed by atoms with Gasteiger partial charge in [0.25, 0.3) is 0 Å². The highest BCUT2D eigenvalue weighted by molar-refractivity contribution is 5.99. The van der Waals surface area contributed by atoms with Gasteiger partial charge in [0.1, 0.15) is 0 Å². The van der Waals surface area contributed by atoms with Crippen molar-refractivity contribution < 1.29 is 9.90 Å². The summed E-state index contributed by atoms with van der Waals surface area (Å²) in [7, 11) is 0. The lowest BCUT2D eigenvalue weighted by Gasteiger charge is -2.26. The number of aromatic carboxylic acids is 1. The van der Waals surface area contributed by atoms with Gasteiger partial charge >= 0.3 is 5.97 Å². The predicted molar refractivity (Wildman–Crippen MR) is 81.5 cm³/mol. The summed E-state index contributed by atoms with van der Waals surface area (Å²) in [6.45, 7) is 0.370. The average Bonchev–Trinajstić information content (AvgIpc) is 2.49. The Morgan fingerprint density at radius 2 is 1.90 bits per heavy atom. The van der Waals surface area contributed by atoms with Crippen LogP contribution in [0.15, 0.2) is 48.5 Å². The van der Waals surface area contributed by atoms with Crippen LogP contribution >= 0.6 is 0 Å². The largest absolute Gasteiger partial charge is 0.478 e. The van der Waals surface area contributed by atoms with Crippen molar-refractivity contribution in [3.8, 4) is 6.07 Å². The quantitative estimate of drug-likeness (QED) is 0.822. The molecule has 0 bridgehead atoms. The summed E-state index contributed by atoms with van der Waals surface area (Å²) >= 11 is 0. The molecule has 0 aliphatic heterocycles. The van der Waals surface area contributed by atoms with E-state index in [0.717, 1.165) is 5.69 Å². The number of rotatable bonds is 5. The first-order valence-electron chi connectivity index (χ1n) is 6.46. The summed E-state index contributed by atoms with van der Waals surface area (Å²) in [5, 5.41) is 18.2. The number of carboxylic acids is 1. The zero-order valence-electron chi connectivity index (χ0n) is 11.4. The molecule has 0 aliphatic carbocycles. The van der Waals surface area contributed by atoms with Crippen molar-refractivity contribution in [2.24, 2.45) is 0 Å². The molecule has 3 N–H and O–H groups in total. The summed E-state index contributed by atoms with van der Waals surface area (Å²) in [5.74, 6) is -1.05. The van der Waals surface area contributed by atoms with Crippen LogP contribution in [0.3, 0.4) is 0 Å². The highest BCUT2D eigenvalue weighted by atomic mass is 16.4. The van der Waals surface area contributed by atoms with E-state index in [9.17, 15) is 9.90 Å². The second kappa shape index (κ2) is 6.44. The van der Waals surface area contributed by atoms with E-state index >= 15 is 0 Å². The Morgan fingerprint density at radius 1 is 1.19 bits per heavy atom. The van der Waals surface area contributed by atoms with Crippen LogP contribution in [0.25, 0.3) is 0 Å². The van der Waals surface area contributed by atoms with Crippen molar-refractivity contribution in [3.05, 3.63) is 54.1 Å². The lowest BCUT2D eigenvalue weighted by atomic mass is 10.1. The first-order chi connectivity index (χ1) is 10.1. The minimum atomic E-state index is -1.05. The highest BCUT2D eigenvalue weighted by Crippen LogP contribution is 2.33. The summed E-state index contributed by atoms with van der Waals surface area (Å²) < 4.78 is 0. The zero-order valence-corrected chi connectivity index (χ0v) is 11.4. The maximum atomic E-state index is 11.4. The number of nitrogen functional groups attached to an aromatic ring is 1. The molecular weight excluding hydrogens is 266 g/mol. The van der Waals surface area contributed by atoms with Crippen LogP contribution in [0.5, 0.6) is 0 Å². The molecule has 0 saturated carbocycles. The van der Waals surface area contributed by atoms with E-state index in [2.05, 4.69) is 6.07 Å². The Hall–Kier alpha value is -3.00. The molecule has 0 aromatic heterocycles. The summed E-state index contributed by atoms with van der Waals surface area (Å²) in [5.41, 5.74) is 7.70. The molecule has 21 heavy (non-hydrogen) atoms. The molecular formula is C16H15N3O2. The van der Waals surface area contributed by atoms with E-state index < -0.39 is 5.97 Å². The van der Waals surface area contributed by atoms with Crippen molar-refractivity contribution in [3.63, 3.8) is 0 Å². The molecule has 5 heteroatoms. The van der Waals surface area contributed by atoms with Crippen molar-refractivity contribution >= 4 is 23.0 Å². The Bertz CT molecular complexity index is 678. The third kappa shape index (κ3) is 3.12. The number of hydrogen-bond acceptors (Lipinski definition) is 4. The van der Waals surface area contributed by atoms with Crippen LogP contribution in [-0.2, 0) is 0 Å². The van der Waals surface area contributed by atoms with Crippen LogP contribution in [0.1, 0.15) is 16.8 Å². The van der Waals surface area contributed by atoms with Crippen LogP contribution in [0, 0.1) is 11.3 Å². The van der Waals surface area contributed by atoms with E-state index in [1.807, 2.05) is 30.3 Å². The van der Waals surface area contributed by atoms with Crippen LogP contribution in [0.4, 0.5) is 17.1 Å². The van der Waals surface area contributed by atoms with Gasteiger partial charge in [-0.25, -0.2) is 4.79 Å². The smallest absolute Gasteiger partial charge is 0.337 e. The monoisotopic (exact) mass is 281 g/mol.